The fourth-order valence-corrected chi connectivity index (χ4v) is 9.65. The Morgan fingerprint density at radius 3 is 1.84 bits per heavy atom. The maximum atomic E-state index is 13.1. The van der Waals surface area contributed by atoms with Gasteiger partial charge in [-0.15, -0.1) is 0 Å². The first-order valence-corrected chi connectivity index (χ1v) is 22.5. The van der Waals surface area contributed by atoms with E-state index < -0.39 is 59.6 Å². The molecule has 1 aromatic rings. The first-order valence-electron chi connectivity index (χ1n) is 13.7. The number of aromatic nitrogens is 2. The molecule has 0 bridgehead atoms. The molecule has 0 amide bonds. The van der Waals surface area contributed by atoms with Gasteiger partial charge in [0.15, 0.2) is 22.9 Å². The molecule has 2 heterocycles. The van der Waals surface area contributed by atoms with Crippen molar-refractivity contribution >= 4 is 24.7 Å². The van der Waals surface area contributed by atoms with Crippen molar-refractivity contribution in [2.45, 2.75) is 140 Å². The fraction of sp³-hybridized carbons (Fsp3) is 0.852. The Labute approximate surface area is 232 Å². The summed E-state index contributed by atoms with van der Waals surface area (Å²) in [7, 11) is -7.29. The maximum Gasteiger partial charge on any atom is 0.330 e. The summed E-state index contributed by atoms with van der Waals surface area (Å²) in [6.45, 7) is 32.7. The Kier molecular flexibility index (Phi) is 8.98. The monoisotopic (exact) mass is 586 g/mol. The summed E-state index contributed by atoms with van der Waals surface area (Å²) in [5, 5.41) is 11.2. The third-order valence-corrected chi connectivity index (χ3v) is 25.3. The molecule has 11 heteroatoms. The molecule has 220 valence electrons. The van der Waals surface area contributed by atoms with Crippen LogP contribution in [0.25, 0.3) is 0 Å². The Bertz CT molecular complexity index is 1110. The van der Waals surface area contributed by atoms with Crippen molar-refractivity contribution in [3.8, 4) is 0 Å². The topological polar surface area (TPSA) is 103 Å². The van der Waals surface area contributed by atoms with Crippen LogP contribution in [-0.4, -0.2) is 63.4 Å². The zero-order valence-corrected chi connectivity index (χ0v) is 29.5. The minimum Gasteiger partial charge on any atom is -0.414 e. The zero-order valence-electron chi connectivity index (χ0n) is 26.5. The number of rotatable bonds is 7. The number of aliphatic hydroxyl groups is 1. The molecular weight excluding hydrogens is 533 g/mol. The molecule has 1 aromatic heterocycles. The van der Waals surface area contributed by atoms with Crippen LogP contribution in [0.1, 0.15) is 68.5 Å². The largest absolute Gasteiger partial charge is 0.414 e. The van der Waals surface area contributed by atoms with Gasteiger partial charge in [-0.25, -0.2) is 4.79 Å². The van der Waals surface area contributed by atoms with E-state index in [1.807, 2.05) is 0 Å². The molecule has 38 heavy (non-hydrogen) atoms. The van der Waals surface area contributed by atoms with Gasteiger partial charge in [0.2, 0.25) is 0 Å². The highest BCUT2D eigenvalue weighted by molar-refractivity contribution is 6.83. The molecule has 0 unspecified atom stereocenters. The molecule has 2 rings (SSSR count). The highest BCUT2D eigenvalue weighted by Crippen LogP contribution is 2.55. The van der Waals surface area contributed by atoms with Gasteiger partial charge in [-0.3, -0.25) is 14.3 Å². The average Bonchev–Trinajstić information content (AvgIpc) is 2.97. The lowest BCUT2D eigenvalue weighted by molar-refractivity contribution is -0.0707. The van der Waals surface area contributed by atoms with Crippen LogP contribution in [0.15, 0.2) is 21.9 Å². The molecular formula is C27H54N2O6Si3. The van der Waals surface area contributed by atoms with Gasteiger partial charge >= 0.3 is 5.69 Å². The van der Waals surface area contributed by atoms with E-state index in [0.717, 1.165) is 0 Å². The van der Waals surface area contributed by atoms with Gasteiger partial charge in [0.05, 0.1) is 14.7 Å². The molecule has 0 saturated carbocycles. The second-order valence-corrected chi connectivity index (χ2v) is 30.7. The standard InChI is InChI=1S/C27H54N2O6Si3/c1-24(2,3)36(10,11)27(32)21(35-38(14,15)26(7,8)9)19(18-33-37(12,13)25(4,5)6)34-22(27)29-17-16-20(30)28-23(29)31/h16-17,19,21-22,32H,18H2,1-15H3,(H,28,30,31)/t19-,21-,22-,27+/m1/s1. The summed E-state index contributed by atoms with van der Waals surface area (Å²) in [4.78, 5) is 27.3. The lowest BCUT2D eigenvalue weighted by Crippen LogP contribution is -2.70. The van der Waals surface area contributed by atoms with E-state index in [1.54, 1.807) is 0 Å². The first kappa shape index (κ1) is 33.4. The van der Waals surface area contributed by atoms with Gasteiger partial charge in [-0.05, 0) is 41.3 Å². The van der Waals surface area contributed by atoms with Crippen LogP contribution in [-0.2, 0) is 13.6 Å². The predicted octanol–water partition coefficient (Wildman–Crippen LogP) is 5.63. The molecule has 0 aliphatic carbocycles. The summed E-state index contributed by atoms with van der Waals surface area (Å²) < 4.78 is 21.7. The smallest absolute Gasteiger partial charge is 0.330 e. The predicted molar refractivity (Wildman–Crippen MR) is 163 cm³/mol. The Morgan fingerprint density at radius 1 is 0.921 bits per heavy atom. The normalized spacial score (nSPS) is 26.2. The Morgan fingerprint density at radius 2 is 1.42 bits per heavy atom. The van der Waals surface area contributed by atoms with Crippen LogP contribution in [0.2, 0.25) is 54.4 Å². The summed E-state index contributed by atoms with van der Waals surface area (Å²) in [6.07, 6.45) is -0.917. The number of nitrogens with one attached hydrogen (secondary N) is 1. The molecule has 1 aliphatic heterocycles. The lowest BCUT2D eigenvalue weighted by atomic mass is 10.1. The number of aromatic amines is 1. The lowest BCUT2D eigenvalue weighted by Gasteiger charge is -2.53. The van der Waals surface area contributed by atoms with Crippen LogP contribution >= 0.6 is 0 Å². The molecule has 4 atom stereocenters. The number of H-pyrrole nitrogens is 1. The molecule has 8 nitrogen and oxygen atoms in total. The summed E-state index contributed by atoms with van der Waals surface area (Å²) in [5.74, 6) is 0. The summed E-state index contributed by atoms with van der Waals surface area (Å²) in [5.41, 5.74) is -1.11. The third-order valence-electron chi connectivity index (χ3n) is 10.1. The van der Waals surface area contributed by atoms with Crippen LogP contribution in [0.5, 0.6) is 0 Å². The number of hydrogen-bond donors (Lipinski definition) is 2. The minimum atomic E-state index is -2.72. The highest BCUT2D eigenvalue weighted by Gasteiger charge is 2.69. The van der Waals surface area contributed by atoms with E-state index in [0.29, 0.717) is 0 Å². The van der Waals surface area contributed by atoms with Crippen molar-refractivity contribution in [2.75, 3.05) is 6.61 Å². The number of hydrogen-bond acceptors (Lipinski definition) is 6. The molecule has 0 aromatic carbocycles. The van der Waals surface area contributed by atoms with Gasteiger partial charge in [-0.2, -0.15) is 0 Å². The SMILES string of the molecule is CC(C)(C)[Si](C)(C)OC[C@H]1O[C@@H](n2ccc(=O)[nH]c2=O)[C@@](O)([Si](C)(C)C(C)(C)C)[C@@H]1O[Si](C)(C)C(C)(C)C. The van der Waals surface area contributed by atoms with Gasteiger partial charge in [0.1, 0.15) is 17.4 Å². The molecule has 1 saturated heterocycles. The minimum absolute atomic E-state index is 0.00756. The van der Waals surface area contributed by atoms with Gasteiger partial charge in [0, 0.05) is 12.3 Å². The average molecular weight is 587 g/mol. The van der Waals surface area contributed by atoms with Crippen molar-refractivity contribution in [2.24, 2.45) is 0 Å². The van der Waals surface area contributed by atoms with Crippen LogP contribution in [0.4, 0.5) is 0 Å². The van der Waals surface area contributed by atoms with Crippen LogP contribution in [0, 0.1) is 0 Å². The van der Waals surface area contributed by atoms with Crippen LogP contribution in [0.3, 0.4) is 0 Å². The van der Waals surface area contributed by atoms with E-state index in [1.165, 1.54) is 16.8 Å². The molecule has 1 fully saturated rings. The fourth-order valence-electron chi connectivity index (χ4n) is 4.21. The second kappa shape index (κ2) is 10.2. The van der Waals surface area contributed by atoms with E-state index in [-0.39, 0.29) is 21.7 Å². The second-order valence-electron chi connectivity index (χ2n) is 15.6. The van der Waals surface area contributed by atoms with Crippen molar-refractivity contribution in [3.63, 3.8) is 0 Å². The number of nitrogens with zero attached hydrogens (tertiary/aromatic N) is 1. The molecule has 0 spiro atoms. The summed E-state index contributed by atoms with van der Waals surface area (Å²) in [6, 6.07) is 1.29. The first-order chi connectivity index (χ1) is 16.7. The number of ether oxygens (including phenoxy) is 1. The van der Waals surface area contributed by atoms with Crippen molar-refractivity contribution in [1.29, 1.82) is 0 Å². The van der Waals surface area contributed by atoms with E-state index in [4.69, 9.17) is 13.6 Å². The van der Waals surface area contributed by atoms with Crippen LogP contribution < -0.4 is 11.2 Å². The molecule has 0 radical (unpaired) electrons. The van der Waals surface area contributed by atoms with E-state index in [2.05, 4.69) is 107 Å². The Balaban J connectivity index is 2.81. The molecule has 1 aliphatic rings. The van der Waals surface area contributed by atoms with E-state index >= 15 is 0 Å². The van der Waals surface area contributed by atoms with Gasteiger partial charge in [-0.1, -0.05) is 75.4 Å². The molecule has 2 N–H and O–H groups in total. The highest BCUT2D eigenvalue weighted by atomic mass is 28.4. The third kappa shape index (κ3) is 5.94. The van der Waals surface area contributed by atoms with Crippen molar-refractivity contribution < 1.29 is 18.7 Å². The van der Waals surface area contributed by atoms with Gasteiger partial charge in [0.25, 0.3) is 5.56 Å². The van der Waals surface area contributed by atoms with Crippen molar-refractivity contribution in [3.05, 3.63) is 33.1 Å². The maximum absolute atomic E-state index is 13.1. The van der Waals surface area contributed by atoms with Gasteiger partial charge < -0.3 is 18.7 Å². The Hall–Kier alpha value is -0.829. The zero-order chi connectivity index (χ0) is 29.9. The quantitative estimate of drug-likeness (QED) is 0.402. The van der Waals surface area contributed by atoms with Crippen molar-refractivity contribution in [1.82, 2.24) is 9.55 Å². The summed E-state index contributed by atoms with van der Waals surface area (Å²) >= 11 is 0. The van der Waals surface area contributed by atoms with E-state index in [9.17, 15) is 14.7 Å².